The van der Waals surface area contributed by atoms with Gasteiger partial charge in [-0.2, -0.15) is 0 Å². The first-order chi connectivity index (χ1) is 6.63. The molecule has 0 unspecified atom stereocenters. The van der Waals surface area contributed by atoms with Crippen molar-refractivity contribution in [3.63, 3.8) is 0 Å². The lowest BCUT2D eigenvalue weighted by atomic mass is 10.2. The molecular formula is C10H12ClF2N. The fourth-order valence-corrected chi connectivity index (χ4v) is 1.47. The highest BCUT2D eigenvalue weighted by molar-refractivity contribution is 6.18. The zero-order valence-electron chi connectivity index (χ0n) is 7.93. The lowest BCUT2D eigenvalue weighted by Crippen LogP contribution is -2.20. The van der Waals surface area contributed by atoms with Crippen LogP contribution in [0.3, 0.4) is 0 Å². The van der Waals surface area contributed by atoms with E-state index < -0.39 is 5.82 Å². The van der Waals surface area contributed by atoms with Gasteiger partial charge in [-0.05, 0) is 25.2 Å². The average Bonchev–Trinajstić information content (AvgIpc) is 2.12. The summed E-state index contributed by atoms with van der Waals surface area (Å²) in [6, 6.07) is 3.46. The van der Waals surface area contributed by atoms with Crippen molar-refractivity contribution in [1.82, 2.24) is 4.90 Å². The van der Waals surface area contributed by atoms with Crippen LogP contribution in [0.4, 0.5) is 8.78 Å². The molecule has 0 spiro atoms. The summed E-state index contributed by atoms with van der Waals surface area (Å²) in [6.45, 7) is 1.02. The summed E-state index contributed by atoms with van der Waals surface area (Å²) in [5, 5.41) is 0. The van der Waals surface area contributed by atoms with Crippen LogP contribution < -0.4 is 0 Å². The Hall–Kier alpha value is -0.670. The molecule has 0 radical (unpaired) electrons. The minimum atomic E-state index is -0.416. The molecule has 1 nitrogen and oxygen atoms in total. The van der Waals surface area contributed by atoms with E-state index in [2.05, 4.69) is 0 Å². The van der Waals surface area contributed by atoms with Crippen molar-refractivity contribution in [3.05, 3.63) is 35.4 Å². The molecule has 0 amide bonds. The topological polar surface area (TPSA) is 3.24 Å². The van der Waals surface area contributed by atoms with E-state index in [0.717, 1.165) is 12.1 Å². The first-order valence-electron chi connectivity index (χ1n) is 4.32. The van der Waals surface area contributed by atoms with Crippen LogP contribution in [0.2, 0.25) is 0 Å². The molecule has 0 atom stereocenters. The van der Waals surface area contributed by atoms with Crippen LogP contribution in [0.25, 0.3) is 0 Å². The fourth-order valence-electron chi connectivity index (χ4n) is 1.18. The minimum absolute atomic E-state index is 0.359. The van der Waals surface area contributed by atoms with Gasteiger partial charge in [0.2, 0.25) is 0 Å². The maximum absolute atomic E-state index is 13.1. The van der Waals surface area contributed by atoms with Crippen LogP contribution in [0.5, 0.6) is 0 Å². The SMILES string of the molecule is CN(CCCl)Cc1cc(F)ccc1F. The first-order valence-corrected chi connectivity index (χ1v) is 4.85. The van der Waals surface area contributed by atoms with Gasteiger partial charge in [0.05, 0.1) is 0 Å². The van der Waals surface area contributed by atoms with E-state index in [9.17, 15) is 8.78 Å². The molecule has 1 aromatic carbocycles. The van der Waals surface area contributed by atoms with Gasteiger partial charge >= 0.3 is 0 Å². The number of benzene rings is 1. The van der Waals surface area contributed by atoms with Crippen LogP contribution in [-0.4, -0.2) is 24.4 Å². The highest BCUT2D eigenvalue weighted by Gasteiger charge is 2.06. The van der Waals surface area contributed by atoms with Crippen LogP contribution in [0, 0.1) is 11.6 Å². The summed E-state index contributed by atoms with van der Waals surface area (Å²) in [5.74, 6) is -0.318. The molecule has 0 aliphatic heterocycles. The molecule has 78 valence electrons. The van der Waals surface area contributed by atoms with Gasteiger partial charge < -0.3 is 4.90 Å². The molecule has 1 aromatic rings. The van der Waals surface area contributed by atoms with E-state index in [0.29, 0.717) is 24.5 Å². The molecule has 0 aromatic heterocycles. The summed E-state index contributed by atoms with van der Waals surface area (Å²) in [5.41, 5.74) is 0.359. The molecule has 4 heteroatoms. The zero-order valence-corrected chi connectivity index (χ0v) is 8.69. The molecule has 0 aliphatic rings. The van der Waals surface area contributed by atoms with E-state index >= 15 is 0 Å². The Morgan fingerprint density at radius 1 is 1.36 bits per heavy atom. The smallest absolute Gasteiger partial charge is 0.127 e. The van der Waals surface area contributed by atoms with Gasteiger partial charge in [-0.15, -0.1) is 11.6 Å². The van der Waals surface area contributed by atoms with E-state index in [-0.39, 0.29) is 5.82 Å². The second-order valence-corrected chi connectivity index (χ2v) is 3.54. The summed E-state index contributed by atoms with van der Waals surface area (Å²) in [7, 11) is 1.81. The number of rotatable bonds is 4. The van der Waals surface area contributed by atoms with Crippen molar-refractivity contribution >= 4 is 11.6 Å². The molecule has 1 rings (SSSR count). The Morgan fingerprint density at radius 3 is 2.71 bits per heavy atom. The number of hydrogen-bond acceptors (Lipinski definition) is 1. The average molecular weight is 220 g/mol. The second kappa shape index (κ2) is 5.27. The number of hydrogen-bond donors (Lipinski definition) is 0. The van der Waals surface area contributed by atoms with E-state index in [1.165, 1.54) is 6.07 Å². The predicted molar refractivity (Wildman–Crippen MR) is 53.4 cm³/mol. The standard InChI is InChI=1S/C10H12ClF2N/c1-14(5-4-11)7-8-6-9(12)2-3-10(8)13/h2-3,6H,4-5,7H2,1H3. The van der Waals surface area contributed by atoms with Crippen LogP contribution in [-0.2, 0) is 6.54 Å². The van der Waals surface area contributed by atoms with Gasteiger partial charge in [0, 0.05) is 24.5 Å². The maximum atomic E-state index is 13.1. The van der Waals surface area contributed by atoms with Crippen LogP contribution in [0.1, 0.15) is 5.56 Å². The van der Waals surface area contributed by atoms with Gasteiger partial charge in [0.25, 0.3) is 0 Å². The molecule has 0 bridgehead atoms. The Balaban J connectivity index is 2.70. The zero-order chi connectivity index (χ0) is 10.6. The van der Waals surface area contributed by atoms with E-state index in [1.807, 2.05) is 11.9 Å². The largest absolute Gasteiger partial charge is 0.301 e. The second-order valence-electron chi connectivity index (χ2n) is 3.16. The number of halogens is 3. The highest BCUT2D eigenvalue weighted by atomic mass is 35.5. The van der Waals surface area contributed by atoms with Gasteiger partial charge in [0.1, 0.15) is 11.6 Å². The van der Waals surface area contributed by atoms with Gasteiger partial charge in [-0.3, -0.25) is 0 Å². The molecule has 0 aliphatic carbocycles. The third kappa shape index (κ3) is 3.24. The molecule has 0 N–H and O–H groups in total. The Labute approximate surface area is 87.3 Å². The Morgan fingerprint density at radius 2 is 2.07 bits per heavy atom. The van der Waals surface area contributed by atoms with Crippen molar-refractivity contribution in [3.8, 4) is 0 Å². The van der Waals surface area contributed by atoms with Crippen molar-refractivity contribution < 1.29 is 8.78 Å². The molecular weight excluding hydrogens is 208 g/mol. The summed E-state index contributed by atoms with van der Waals surface area (Å²) >= 11 is 5.52. The van der Waals surface area contributed by atoms with Crippen molar-refractivity contribution in [2.75, 3.05) is 19.5 Å². The number of alkyl halides is 1. The van der Waals surface area contributed by atoms with Crippen molar-refractivity contribution in [2.45, 2.75) is 6.54 Å². The van der Waals surface area contributed by atoms with Gasteiger partial charge in [-0.25, -0.2) is 8.78 Å². The van der Waals surface area contributed by atoms with Gasteiger partial charge in [-0.1, -0.05) is 0 Å². The molecule has 0 saturated carbocycles. The normalized spacial score (nSPS) is 10.9. The summed E-state index contributed by atoms with van der Waals surface area (Å²) in [4.78, 5) is 1.84. The van der Waals surface area contributed by atoms with Crippen LogP contribution in [0.15, 0.2) is 18.2 Å². The molecule has 0 heterocycles. The predicted octanol–water partition coefficient (Wildman–Crippen LogP) is 2.64. The van der Waals surface area contributed by atoms with Crippen LogP contribution >= 0.6 is 11.6 Å². The number of nitrogens with zero attached hydrogens (tertiary/aromatic N) is 1. The van der Waals surface area contributed by atoms with E-state index in [4.69, 9.17) is 11.6 Å². The molecule has 0 saturated heterocycles. The first kappa shape index (κ1) is 11.4. The third-order valence-electron chi connectivity index (χ3n) is 1.91. The minimum Gasteiger partial charge on any atom is -0.301 e. The molecule has 14 heavy (non-hydrogen) atoms. The molecule has 0 fully saturated rings. The van der Waals surface area contributed by atoms with Gasteiger partial charge in [0.15, 0.2) is 0 Å². The Bertz CT molecular complexity index is 304. The lowest BCUT2D eigenvalue weighted by Gasteiger charge is -2.15. The quantitative estimate of drug-likeness (QED) is 0.704. The fraction of sp³-hybridized carbons (Fsp3) is 0.400. The highest BCUT2D eigenvalue weighted by Crippen LogP contribution is 2.11. The Kier molecular flexibility index (Phi) is 4.29. The summed E-state index contributed by atoms with van der Waals surface area (Å²) < 4.78 is 25.9. The van der Waals surface area contributed by atoms with Crippen molar-refractivity contribution in [2.24, 2.45) is 0 Å². The van der Waals surface area contributed by atoms with E-state index in [1.54, 1.807) is 0 Å². The maximum Gasteiger partial charge on any atom is 0.127 e. The lowest BCUT2D eigenvalue weighted by molar-refractivity contribution is 0.340. The monoisotopic (exact) mass is 219 g/mol. The summed E-state index contributed by atoms with van der Waals surface area (Å²) in [6.07, 6.45) is 0. The third-order valence-corrected chi connectivity index (χ3v) is 2.08. The van der Waals surface area contributed by atoms with Crippen molar-refractivity contribution in [1.29, 1.82) is 0 Å².